The van der Waals surface area contributed by atoms with Crippen molar-refractivity contribution in [2.75, 3.05) is 30.9 Å². The van der Waals surface area contributed by atoms with E-state index in [9.17, 15) is 9.59 Å². The summed E-state index contributed by atoms with van der Waals surface area (Å²) in [6, 6.07) is 9.44. The Morgan fingerprint density at radius 1 is 1.25 bits per heavy atom. The van der Waals surface area contributed by atoms with Gasteiger partial charge in [-0.2, -0.15) is 4.98 Å². The van der Waals surface area contributed by atoms with E-state index >= 15 is 0 Å². The molecule has 0 bridgehead atoms. The number of anilines is 2. The molecule has 0 saturated carbocycles. The summed E-state index contributed by atoms with van der Waals surface area (Å²) >= 11 is 0. The molecule has 0 fully saturated rings. The second-order valence-electron chi connectivity index (χ2n) is 8.04. The number of rotatable bonds is 11. The van der Waals surface area contributed by atoms with Crippen molar-refractivity contribution in [3.05, 3.63) is 68.4 Å². The summed E-state index contributed by atoms with van der Waals surface area (Å²) in [7, 11) is 1.61. The molecule has 2 heterocycles. The van der Waals surface area contributed by atoms with Crippen molar-refractivity contribution in [3.63, 3.8) is 0 Å². The van der Waals surface area contributed by atoms with Crippen LogP contribution in [0.2, 0.25) is 0 Å². The lowest BCUT2D eigenvalue weighted by atomic mass is 10.1. The Morgan fingerprint density at radius 3 is 2.69 bits per heavy atom. The number of aromatic nitrogens is 4. The number of nitrogens with one attached hydrogen (secondary N) is 1. The van der Waals surface area contributed by atoms with Crippen molar-refractivity contribution in [1.29, 1.82) is 0 Å². The van der Waals surface area contributed by atoms with Crippen molar-refractivity contribution < 1.29 is 9.26 Å². The summed E-state index contributed by atoms with van der Waals surface area (Å²) in [6.07, 6.45) is 1.31. The summed E-state index contributed by atoms with van der Waals surface area (Å²) < 4.78 is 11.9. The quantitative estimate of drug-likeness (QED) is 0.430. The van der Waals surface area contributed by atoms with Gasteiger partial charge in [0, 0.05) is 26.7 Å². The second-order valence-corrected chi connectivity index (χ2v) is 8.04. The van der Waals surface area contributed by atoms with Gasteiger partial charge in [0.25, 0.3) is 5.56 Å². The first-order valence-corrected chi connectivity index (χ1v) is 10.6. The molecule has 3 rings (SSSR count). The number of hydrogen-bond donors (Lipinski definition) is 2. The number of H-pyrrole nitrogens is 1. The maximum atomic E-state index is 12.8. The summed E-state index contributed by atoms with van der Waals surface area (Å²) in [6.45, 7) is 5.54. The van der Waals surface area contributed by atoms with Crippen molar-refractivity contribution in [1.82, 2.24) is 19.7 Å². The van der Waals surface area contributed by atoms with Gasteiger partial charge >= 0.3 is 5.69 Å². The molecule has 10 nitrogen and oxygen atoms in total. The average Bonchev–Trinajstić information content (AvgIpc) is 3.17. The van der Waals surface area contributed by atoms with Gasteiger partial charge in [0.2, 0.25) is 5.89 Å². The van der Waals surface area contributed by atoms with Gasteiger partial charge < -0.3 is 19.9 Å². The Labute approximate surface area is 186 Å². The van der Waals surface area contributed by atoms with Crippen LogP contribution >= 0.6 is 0 Å². The molecule has 3 N–H and O–H groups in total. The number of methoxy groups -OCH3 is 1. The average molecular weight is 443 g/mol. The number of aromatic amines is 1. The van der Waals surface area contributed by atoms with Crippen LogP contribution in [0.1, 0.15) is 37.5 Å². The van der Waals surface area contributed by atoms with Crippen molar-refractivity contribution in [2.45, 2.75) is 39.8 Å². The number of benzene rings is 1. The minimum Gasteiger partial charge on any atom is -0.385 e. The first-order chi connectivity index (χ1) is 15.4. The van der Waals surface area contributed by atoms with Gasteiger partial charge in [-0.3, -0.25) is 14.3 Å². The molecule has 3 aromatic rings. The lowest BCUT2D eigenvalue weighted by Gasteiger charge is -2.25. The standard InChI is InChI=1S/C22H30N6O4/c1-15(2)12-18-24-17(26-32-18)14-27(10-7-11-31-3)19-20(23)28(22(30)25-21(19)29)13-16-8-5-4-6-9-16/h4-6,8-9,15H,7,10-14,23H2,1-3H3,(H,25,29,30). The van der Waals surface area contributed by atoms with Crippen LogP contribution < -0.4 is 21.9 Å². The van der Waals surface area contributed by atoms with E-state index in [-0.39, 0.29) is 24.6 Å². The molecule has 0 aliphatic heterocycles. The van der Waals surface area contributed by atoms with Crippen LogP contribution in [0.4, 0.5) is 11.5 Å². The SMILES string of the molecule is COCCCN(Cc1noc(CC(C)C)n1)c1c(N)n(Cc2ccccc2)c(=O)[nH]c1=O. The monoisotopic (exact) mass is 442 g/mol. The van der Waals surface area contributed by atoms with Gasteiger partial charge in [-0.05, 0) is 17.9 Å². The molecule has 0 aliphatic carbocycles. The van der Waals surface area contributed by atoms with Gasteiger partial charge in [0.1, 0.15) is 11.5 Å². The Bertz CT molecular complexity index is 1120. The largest absolute Gasteiger partial charge is 0.385 e. The highest BCUT2D eigenvalue weighted by Crippen LogP contribution is 2.20. The number of nitrogen functional groups attached to an aromatic ring is 1. The fraction of sp³-hybridized carbons (Fsp3) is 0.455. The van der Waals surface area contributed by atoms with E-state index in [4.69, 9.17) is 15.0 Å². The highest BCUT2D eigenvalue weighted by Gasteiger charge is 2.21. The maximum Gasteiger partial charge on any atom is 0.330 e. The lowest BCUT2D eigenvalue weighted by Crippen LogP contribution is -2.39. The highest BCUT2D eigenvalue weighted by molar-refractivity contribution is 5.62. The molecule has 1 aromatic carbocycles. The topological polar surface area (TPSA) is 132 Å². The van der Waals surface area contributed by atoms with Crippen LogP contribution in [0.25, 0.3) is 0 Å². The van der Waals surface area contributed by atoms with Gasteiger partial charge in [0.15, 0.2) is 5.82 Å². The van der Waals surface area contributed by atoms with Crippen LogP contribution in [0.3, 0.4) is 0 Å². The third-order valence-corrected chi connectivity index (χ3v) is 4.92. The predicted octanol–water partition coefficient (Wildman–Crippen LogP) is 1.79. The summed E-state index contributed by atoms with van der Waals surface area (Å²) in [5.41, 5.74) is 6.34. The molecule has 0 saturated heterocycles. The van der Waals surface area contributed by atoms with Gasteiger partial charge in [-0.25, -0.2) is 4.79 Å². The molecule has 0 unspecified atom stereocenters. The Hall–Kier alpha value is -3.40. The van der Waals surface area contributed by atoms with E-state index in [2.05, 4.69) is 29.0 Å². The van der Waals surface area contributed by atoms with Crippen molar-refractivity contribution >= 4 is 11.5 Å². The smallest absolute Gasteiger partial charge is 0.330 e. The zero-order valence-electron chi connectivity index (χ0n) is 18.7. The van der Waals surface area contributed by atoms with Crippen LogP contribution in [-0.2, 0) is 24.2 Å². The minimum atomic E-state index is -0.560. The van der Waals surface area contributed by atoms with E-state index in [1.54, 1.807) is 12.0 Å². The summed E-state index contributed by atoms with van der Waals surface area (Å²) in [4.78, 5) is 33.9. The molecule has 0 atom stereocenters. The molecule has 2 aromatic heterocycles. The van der Waals surface area contributed by atoms with E-state index in [0.29, 0.717) is 43.6 Å². The lowest BCUT2D eigenvalue weighted by molar-refractivity contribution is 0.196. The third-order valence-electron chi connectivity index (χ3n) is 4.92. The Morgan fingerprint density at radius 2 is 2.00 bits per heavy atom. The Kier molecular flexibility index (Phi) is 7.82. The zero-order valence-corrected chi connectivity index (χ0v) is 18.7. The van der Waals surface area contributed by atoms with Gasteiger partial charge in [-0.15, -0.1) is 0 Å². The number of hydrogen-bond acceptors (Lipinski definition) is 8. The maximum absolute atomic E-state index is 12.8. The number of nitrogens with two attached hydrogens (primary N) is 1. The van der Waals surface area contributed by atoms with Crippen LogP contribution in [-0.4, -0.2) is 40.0 Å². The molecule has 172 valence electrons. The molecular weight excluding hydrogens is 412 g/mol. The third kappa shape index (κ3) is 5.85. The van der Waals surface area contributed by atoms with Gasteiger partial charge in [-0.1, -0.05) is 49.3 Å². The number of nitrogens with zero attached hydrogens (tertiary/aromatic N) is 4. The zero-order chi connectivity index (χ0) is 23.1. The van der Waals surface area contributed by atoms with Gasteiger partial charge in [0.05, 0.1) is 13.1 Å². The normalized spacial score (nSPS) is 11.2. The summed E-state index contributed by atoms with van der Waals surface area (Å²) in [5, 5.41) is 4.05. The fourth-order valence-corrected chi connectivity index (χ4v) is 3.43. The molecule has 0 aliphatic rings. The highest BCUT2D eigenvalue weighted by atomic mass is 16.5. The van der Waals surface area contributed by atoms with E-state index in [0.717, 1.165) is 5.56 Å². The predicted molar refractivity (Wildman–Crippen MR) is 122 cm³/mol. The first kappa shape index (κ1) is 23.3. The first-order valence-electron chi connectivity index (χ1n) is 10.6. The van der Waals surface area contributed by atoms with Crippen molar-refractivity contribution in [2.24, 2.45) is 5.92 Å². The van der Waals surface area contributed by atoms with E-state index in [1.807, 2.05) is 30.3 Å². The van der Waals surface area contributed by atoms with Crippen LogP contribution in [0, 0.1) is 5.92 Å². The molecule has 0 amide bonds. The van der Waals surface area contributed by atoms with E-state index < -0.39 is 11.2 Å². The van der Waals surface area contributed by atoms with Crippen LogP contribution in [0.5, 0.6) is 0 Å². The molecular formula is C22H30N6O4. The summed E-state index contributed by atoms with van der Waals surface area (Å²) in [5.74, 6) is 1.45. The van der Waals surface area contributed by atoms with Crippen LogP contribution in [0.15, 0.2) is 44.4 Å². The molecule has 0 radical (unpaired) electrons. The Balaban J connectivity index is 1.96. The van der Waals surface area contributed by atoms with Crippen molar-refractivity contribution in [3.8, 4) is 0 Å². The molecule has 32 heavy (non-hydrogen) atoms. The molecule has 0 spiro atoms. The second kappa shape index (κ2) is 10.8. The van der Waals surface area contributed by atoms with E-state index in [1.165, 1.54) is 4.57 Å². The molecule has 10 heteroatoms. The minimum absolute atomic E-state index is 0.0888. The number of ether oxygens (including phenoxy) is 1. The fourth-order valence-electron chi connectivity index (χ4n) is 3.43.